The number of aliphatic imine (C=N–C) groups is 1. The van der Waals surface area contributed by atoms with Crippen molar-refractivity contribution in [3.05, 3.63) is 68.8 Å². The van der Waals surface area contributed by atoms with Crippen molar-refractivity contribution in [1.29, 1.82) is 0 Å². The first kappa shape index (κ1) is 18.0. The number of thioether (sulfide) groups is 1. The molecule has 0 aliphatic carbocycles. The lowest BCUT2D eigenvalue weighted by Crippen LogP contribution is -2.28. The number of amidine groups is 1. The van der Waals surface area contributed by atoms with Crippen LogP contribution in [0.2, 0.25) is 10.0 Å². The van der Waals surface area contributed by atoms with Gasteiger partial charge in [-0.05, 0) is 54.6 Å². The molecule has 0 aromatic heterocycles. The number of halogens is 3. The zero-order valence-electron chi connectivity index (χ0n) is 13.2. The Bertz CT molecular complexity index is 898. The predicted molar refractivity (Wildman–Crippen MR) is 103 cm³/mol. The average Bonchev–Trinajstić information content (AvgIpc) is 2.87. The van der Waals surface area contributed by atoms with Gasteiger partial charge in [-0.1, -0.05) is 41.4 Å². The molecule has 128 valence electrons. The highest BCUT2D eigenvalue weighted by molar-refractivity contribution is 8.18. The molecule has 1 aliphatic rings. The fourth-order valence-electron chi connectivity index (χ4n) is 2.28. The van der Waals surface area contributed by atoms with Gasteiger partial charge in [0.1, 0.15) is 11.5 Å². The summed E-state index contributed by atoms with van der Waals surface area (Å²) >= 11 is 13.3. The molecule has 0 unspecified atom stereocenters. The van der Waals surface area contributed by atoms with Gasteiger partial charge in [-0.3, -0.25) is 9.69 Å². The van der Waals surface area contributed by atoms with Gasteiger partial charge in [-0.15, -0.1) is 0 Å². The molecule has 0 N–H and O–H groups in total. The lowest BCUT2D eigenvalue weighted by Gasteiger charge is -2.12. The molecule has 1 aliphatic heterocycles. The molecule has 2 aromatic carbocycles. The van der Waals surface area contributed by atoms with Crippen LogP contribution in [-0.2, 0) is 4.79 Å². The summed E-state index contributed by atoms with van der Waals surface area (Å²) in [5, 5.41) is 1.42. The van der Waals surface area contributed by atoms with Crippen LogP contribution in [0.15, 0.2) is 52.4 Å². The van der Waals surface area contributed by atoms with Crippen LogP contribution >= 0.6 is 35.0 Å². The molecule has 1 fully saturated rings. The molecule has 3 rings (SSSR count). The van der Waals surface area contributed by atoms with E-state index in [0.29, 0.717) is 32.2 Å². The molecular formula is C18H13Cl2FN2OS. The first-order chi connectivity index (χ1) is 12.0. The number of hydrogen-bond donors (Lipinski definition) is 0. The highest BCUT2D eigenvalue weighted by atomic mass is 35.5. The monoisotopic (exact) mass is 394 g/mol. The molecule has 1 heterocycles. The third kappa shape index (κ3) is 3.89. The summed E-state index contributed by atoms with van der Waals surface area (Å²) in [6.07, 6.45) is 1.69. The quantitative estimate of drug-likeness (QED) is 0.620. The minimum atomic E-state index is -0.433. The number of nitrogens with zero attached hydrogens (tertiary/aromatic N) is 2. The van der Waals surface area contributed by atoms with Crippen LogP contribution < -0.4 is 0 Å². The Hall–Kier alpha value is -1.82. The van der Waals surface area contributed by atoms with Gasteiger partial charge in [0.15, 0.2) is 5.17 Å². The molecule has 0 bridgehead atoms. The molecule has 0 atom stereocenters. The molecule has 2 aromatic rings. The second-order valence-corrected chi connectivity index (χ2v) is 7.02. The Balaban J connectivity index is 1.98. The molecule has 0 saturated carbocycles. The number of amides is 1. The highest BCUT2D eigenvalue weighted by Crippen LogP contribution is 2.35. The second-order valence-electron chi connectivity index (χ2n) is 5.17. The average molecular weight is 395 g/mol. The largest absolute Gasteiger partial charge is 0.287 e. The third-order valence-electron chi connectivity index (χ3n) is 3.52. The Morgan fingerprint density at radius 2 is 2.00 bits per heavy atom. The van der Waals surface area contributed by atoms with Crippen LogP contribution in [0.25, 0.3) is 6.08 Å². The summed E-state index contributed by atoms with van der Waals surface area (Å²) in [7, 11) is 0. The van der Waals surface area contributed by atoms with Crippen LogP contribution in [0.5, 0.6) is 0 Å². The number of para-hydroxylation sites is 1. The lowest BCUT2D eigenvalue weighted by molar-refractivity contribution is -0.122. The summed E-state index contributed by atoms with van der Waals surface area (Å²) in [6.45, 7) is 2.28. The van der Waals surface area contributed by atoms with Gasteiger partial charge in [0.2, 0.25) is 0 Å². The van der Waals surface area contributed by atoms with Gasteiger partial charge < -0.3 is 0 Å². The maximum Gasteiger partial charge on any atom is 0.266 e. The van der Waals surface area contributed by atoms with E-state index in [1.165, 1.54) is 22.7 Å². The van der Waals surface area contributed by atoms with E-state index in [1.807, 2.05) is 6.92 Å². The van der Waals surface area contributed by atoms with Crippen molar-refractivity contribution >= 4 is 57.8 Å². The number of likely N-dealkylation sites (N-methyl/N-ethyl adjacent to an activating group) is 1. The maximum atomic E-state index is 13.8. The van der Waals surface area contributed by atoms with Gasteiger partial charge in [0, 0.05) is 16.6 Å². The van der Waals surface area contributed by atoms with E-state index in [2.05, 4.69) is 4.99 Å². The normalized spacial score (nSPS) is 17.8. The minimum Gasteiger partial charge on any atom is -0.287 e. The molecule has 25 heavy (non-hydrogen) atoms. The topological polar surface area (TPSA) is 32.7 Å². The zero-order chi connectivity index (χ0) is 18.0. The molecule has 0 radical (unpaired) electrons. The maximum absolute atomic E-state index is 13.8. The number of rotatable bonds is 3. The van der Waals surface area contributed by atoms with E-state index >= 15 is 0 Å². The summed E-state index contributed by atoms with van der Waals surface area (Å²) in [6, 6.07) is 11.3. The molecule has 3 nitrogen and oxygen atoms in total. The van der Waals surface area contributed by atoms with Gasteiger partial charge in [0.05, 0.1) is 4.91 Å². The minimum absolute atomic E-state index is 0.186. The molecule has 0 spiro atoms. The summed E-state index contributed by atoms with van der Waals surface area (Å²) < 4.78 is 13.8. The Labute approximate surface area is 159 Å². The van der Waals surface area contributed by atoms with Gasteiger partial charge in [0.25, 0.3) is 5.91 Å². The first-order valence-corrected chi connectivity index (χ1v) is 9.06. The van der Waals surface area contributed by atoms with Crippen molar-refractivity contribution in [1.82, 2.24) is 4.90 Å². The Morgan fingerprint density at radius 3 is 2.68 bits per heavy atom. The van der Waals surface area contributed by atoms with Gasteiger partial charge in [-0.25, -0.2) is 9.38 Å². The van der Waals surface area contributed by atoms with Crippen LogP contribution in [0.1, 0.15) is 12.5 Å². The van der Waals surface area contributed by atoms with Crippen LogP contribution in [0, 0.1) is 5.82 Å². The fourth-order valence-corrected chi connectivity index (χ4v) is 3.78. The zero-order valence-corrected chi connectivity index (χ0v) is 15.5. The van der Waals surface area contributed by atoms with Crippen LogP contribution in [0.3, 0.4) is 0 Å². The van der Waals surface area contributed by atoms with Crippen molar-refractivity contribution < 1.29 is 9.18 Å². The predicted octanol–water partition coefficient (Wildman–Crippen LogP) is 5.76. The number of benzene rings is 2. The van der Waals surface area contributed by atoms with E-state index < -0.39 is 5.82 Å². The number of carbonyl (C=O) groups is 1. The molecule has 1 saturated heterocycles. The van der Waals surface area contributed by atoms with Crippen molar-refractivity contribution in [2.24, 2.45) is 4.99 Å². The summed E-state index contributed by atoms with van der Waals surface area (Å²) in [5.74, 6) is -0.620. The van der Waals surface area contributed by atoms with Crippen LogP contribution in [0.4, 0.5) is 10.1 Å². The second kappa shape index (κ2) is 7.60. The van der Waals surface area contributed by atoms with Crippen molar-refractivity contribution in [3.63, 3.8) is 0 Å². The molecule has 7 heteroatoms. The number of carbonyl (C=O) groups excluding carboxylic acids is 1. The van der Waals surface area contributed by atoms with Gasteiger partial charge in [-0.2, -0.15) is 0 Å². The standard InChI is InChI=1S/C18H13Cl2FN2OS/c1-2-23-17(24)16(9-11-7-8-12(19)10-13(11)20)25-18(23)22-15-6-4-3-5-14(15)21/h3-10H,2H2,1H3/b16-9+,22-18?. The van der Waals surface area contributed by atoms with Crippen molar-refractivity contribution in [2.75, 3.05) is 6.54 Å². The first-order valence-electron chi connectivity index (χ1n) is 7.49. The van der Waals surface area contributed by atoms with E-state index in [-0.39, 0.29) is 11.6 Å². The highest BCUT2D eigenvalue weighted by Gasteiger charge is 2.32. The number of hydrogen-bond acceptors (Lipinski definition) is 3. The van der Waals surface area contributed by atoms with E-state index in [1.54, 1.807) is 42.5 Å². The summed E-state index contributed by atoms with van der Waals surface area (Å²) in [4.78, 5) is 18.9. The molecular weight excluding hydrogens is 382 g/mol. The van der Waals surface area contributed by atoms with Crippen molar-refractivity contribution in [3.8, 4) is 0 Å². The summed E-state index contributed by atoms with van der Waals surface area (Å²) in [5.41, 5.74) is 0.882. The Morgan fingerprint density at radius 1 is 1.24 bits per heavy atom. The van der Waals surface area contributed by atoms with E-state index in [9.17, 15) is 9.18 Å². The third-order valence-corrected chi connectivity index (χ3v) is 5.09. The van der Waals surface area contributed by atoms with E-state index in [4.69, 9.17) is 23.2 Å². The Kier molecular flexibility index (Phi) is 5.47. The van der Waals surface area contributed by atoms with Gasteiger partial charge >= 0.3 is 0 Å². The lowest BCUT2D eigenvalue weighted by atomic mass is 10.2. The van der Waals surface area contributed by atoms with Crippen molar-refractivity contribution in [2.45, 2.75) is 6.92 Å². The van der Waals surface area contributed by atoms with E-state index in [0.717, 1.165) is 0 Å². The fraction of sp³-hybridized carbons (Fsp3) is 0.111. The molecule has 1 amide bonds. The van der Waals surface area contributed by atoms with Crippen LogP contribution in [-0.4, -0.2) is 22.5 Å². The smallest absolute Gasteiger partial charge is 0.266 e. The SMILES string of the molecule is CCN1C(=O)/C(=C\c2ccc(Cl)cc2Cl)SC1=Nc1ccccc1F.